The van der Waals surface area contributed by atoms with Crippen molar-refractivity contribution in [3.8, 4) is 0 Å². The summed E-state index contributed by atoms with van der Waals surface area (Å²) in [5.41, 5.74) is 0. The maximum atomic E-state index is 5.69. The van der Waals surface area contributed by atoms with Gasteiger partial charge in [0.15, 0.2) is 0 Å². The Morgan fingerprint density at radius 3 is 2.06 bits per heavy atom. The average molecular weight is 254 g/mol. The topological polar surface area (TPSA) is 9.23 Å². The Bertz CT molecular complexity index is 643. The highest BCUT2D eigenvalue weighted by molar-refractivity contribution is 7.60. The van der Waals surface area contributed by atoms with Crippen LogP contribution in [0.5, 0.6) is 0 Å². The van der Waals surface area contributed by atoms with E-state index in [2.05, 4.69) is 55.1 Å². The summed E-state index contributed by atoms with van der Waals surface area (Å²) in [7, 11) is -0.358. The maximum Gasteiger partial charge on any atom is 0.0861 e. The molecule has 0 amide bonds. The number of rotatable bonds is 4. The number of benzene rings is 2. The molecule has 1 aromatic heterocycles. The molecule has 0 aliphatic rings. The van der Waals surface area contributed by atoms with E-state index in [0.29, 0.717) is 6.61 Å². The summed E-state index contributed by atoms with van der Waals surface area (Å²) < 4.78 is 5.69. The van der Waals surface area contributed by atoms with Crippen molar-refractivity contribution in [1.29, 1.82) is 0 Å². The molecule has 2 aromatic carbocycles. The average Bonchev–Trinajstić information content (AvgIpc) is 2.74. The molecule has 0 fully saturated rings. The molecule has 0 aliphatic heterocycles. The van der Waals surface area contributed by atoms with Crippen LogP contribution in [0.25, 0.3) is 21.0 Å². The van der Waals surface area contributed by atoms with E-state index in [0.717, 1.165) is 6.35 Å². The highest BCUT2D eigenvalue weighted by atomic mass is 31.1. The first-order chi connectivity index (χ1) is 8.92. The third-order valence-corrected chi connectivity index (χ3v) is 5.52. The summed E-state index contributed by atoms with van der Waals surface area (Å²) in [6, 6.07) is 17.4. The summed E-state index contributed by atoms with van der Waals surface area (Å²) in [4.78, 5) is 0. The van der Waals surface area contributed by atoms with Gasteiger partial charge in [-0.25, -0.2) is 0 Å². The van der Waals surface area contributed by atoms with Gasteiger partial charge in [-0.3, -0.25) is 0 Å². The Morgan fingerprint density at radius 2 is 1.50 bits per heavy atom. The first-order valence-corrected chi connectivity index (χ1v) is 7.59. The first kappa shape index (κ1) is 11.5. The Kier molecular flexibility index (Phi) is 3.19. The number of hydrogen-bond acceptors (Lipinski definition) is 1. The molecule has 0 spiro atoms. The fourth-order valence-corrected chi connectivity index (χ4v) is 4.70. The molecular formula is C16H15OP. The molecule has 3 rings (SSSR count). The van der Waals surface area contributed by atoms with E-state index >= 15 is 0 Å². The third kappa shape index (κ3) is 1.86. The Hall–Kier alpha value is -1.56. The van der Waals surface area contributed by atoms with Crippen molar-refractivity contribution >= 4 is 28.5 Å². The molecule has 2 heteroatoms. The summed E-state index contributed by atoms with van der Waals surface area (Å²) in [5, 5.41) is 5.64. The molecule has 0 saturated carbocycles. The molecule has 0 radical (unpaired) electrons. The summed E-state index contributed by atoms with van der Waals surface area (Å²) >= 11 is 0. The number of fused-ring (bicyclic) bond motifs is 3. The van der Waals surface area contributed by atoms with E-state index < -0.39 is 0 Å². The molecule has 1 nitrogen and oxygen atoms in total. The van der Waals surface area contributed by atoms with Gasteiger partial charge in [-0.1, -0.05) is 62.1 Å². The van der Waals surface area contributed by atoms with Gasteiger partial charge in [0.25, 0.3) is 0 Å². The normalized spacial score (nSPS) is 11.1. The lowest BCUT2D eigenvalue weighted by molar-refractivity contribution is 0.179. The molecule has 3 aromatic rings. The standard InChI is InChI=1S/C16H15OP/c1-2-11-17-12-18-15-9-5-3-7-13(15)14-8-4-6-10-16(14)18/h2-10H,1,11-12H2. The zero-order valence-corrected chi connectivity index (χ0v) is 11.1. The lowest BCUT2D eigenvalue weighted by Gasteiger charge is -2.02. The minimum atomic E-state index is -0.358. The van der Waals surface area contributed by atoms with Gasteiger partial charge >= 0.3 is 0 Å². The number of ether oxygens (including phenoxy) is 1. The first-order valence-electron chi connectivity index (χ1n) is 6.06. The van der Waals surface area contributed by atoms with Crippen molar-refractivity contribution in [1.82, 2.24) is 0 Å². The van der Waals surface area contributed by atoms with Crippen LogP contribution in [0.2, 0.25) is 0 Å². The fraction of sp³-hybridized carbons (Fsp3) is 0.125. The zero-order chi connectivity index (χ0) is 12.4. The second-order valence-electron chi connectivity index (χ2n) is 4.25. The highest BCUT2D eigenvalue weighted by Crippen LogP contribution is 2.49. The van der Waals surface area contributed by atoms with Gasteiger partial charge in [-0.2, -0.15) is 0 Å². The van der Waals surface area contributed by atoms with E-state index in [-0.39, 0.29) is 7.53 Å². The summed E-state index contributed by atoms with van der Waals surface area (Å²) in [5.74, 6) is 0. The van der Waals surface area contributed by atoms with Crippen LogP contribution in [0.4, 0.5) is 0 Å². The molecule has 0 aliphatic carbocycles. The molecule has 0 N–H and O–H groups in total. The molecule has 18 heavy (non-hydrogen) atoms. The van der Waals surface area contributed by atoms with Crippen molar-refractivity contribution in [3.05, 3.63) is 61.2 Å². The molecule has 0 bridgehead atoms. The van der Waals surface area contributed by atoms with E-state index in [4.69, 9.17) is 4.74 Å². The van der Waals surface area contributed by atoms with Gasteiger partial charge in [-0.05, 0) is 10.8 Å². The Morgan fingerprint density at radius 1 is 0.944 bits per heavy atom. The van der Waals surface area contributed by atoms with Crippen LogP contribution in [0.3, 0.4) is 0 Å². The van der Waals surface area contributed by atoms with Crippen LogP contribution in [-0.2, 0) is 11.1 Å². The summed E-state index contributed by atoms with van der Waals surface area (Å²) in [6.45, 7) is 4.32. The van der Waals surface area contributed by atoms with Crippen molar-refractivity contribution in [3.63, 3.8) is 0 Å². The van der Waals surface area contributed by atoms with E-state index in [1.165, 1.54) is 21.0 Å². The van der Waals surface area contributed by atoms with Crippen molar-refractivity contribution in [2.45, 2.75) is 6.35 Å². The van der Waals surface area contributed by atoms with Crippen LogP contribution in [-0.4, -0.2) is 6.61 Å². The van der Waals surface area contributed by atoms with Gasteiger partial charge in [0.05, 0.1) is 13.0 Å². The molecule has 0 unspecified atom stereocenters. The van der Waals surface area contributed by atoms with E-state index in [1.807, 2.05) is 6.08 Å². The Balaban J connectivity index is 2.21. The Labute approximate surface area is 108 Å². The maximum absolute atomic E-state index is 5.69. The van der Waals surface area contributed by atoms with Gasteiger partial charge in [-0.15, -0.1) is 6.58 Å². The SMILES string of the molecule is C=CCOCp1c2ccccc2c2ccccc21. The van der Waals surface area contributed by atoms with Crippen molar-refractivity contribution in [2.24, 2.45) is 0 Å². The quantitative estimate of drug-likeness (QED) is 0.462. The van der Waals surface area contributed by atoms with E-state index in [1.54, 1.807) is 0 Å². The minimum Gasteiger partial charge on any atom is -0.369 e. The number of hydrogen-bond donors (Lipinski definition) is 0. The van der Waals surface area contributed by atoms with Crippen molar-refractivity contribution in [2.75, 3.05) is 6.61 Å². The smallest absolute Gasteiger partial charge is 0.0861 e. The van der Waals surface area contributed by atoms with Crippen LogP contribution >= 0.6 is 7.53 Å². The van der Waals surface area contributed by atoms with Crippen LogP contribution < -0.4 is 0 Å². The van der Waals surface area contributed by atoms with Gasteiger partial charge in [0.1, 0.15) is 0 Å². The molecular weight excluding hydrogens is 239 g/mol. The van der Waals surface area contributed by atoms with Crippen molar-refractivity contribution < 1.29 is 4.74 Å². The largest absolute Gasteiger partial charge is 0.369 e. The monoisotopic (exact) mass is 254 g/mol. The molecule has 90 valence electrons. The second-order valence-corrected chi connectivity index (χ2v) is 6.33. The predicted molar refractivity (Wildman–Crippen MR) is 80.3 cm³/mol. The molecule has 0 atom stereocenters. The summed E-state index contributed by atoms with van der Waals surface area (Å²) in [6.07, 6.45) is 2.60. The molecule has 0 saturated heterocycles. The lowest BCUT2D eigenvalue weighted by atomic mass is 10.2. The predicted octanol–water partition coefficient (Wildman–Crippen LogP) is 5.14. The van der Waals surface area contributed by atoms with Gasteiger partial charge in [0.2, 0.25) is 0 Å². The lowest BCUT2D eigenvalue weighted by Crippen LogP contribution is -1.84. The van der Waals surface area contributed by atoms with Gasteiger partial charge < -0.3 is 4.74 Å². The van der Waals surface area contributed by atoms with E-state index in [9.17, 15) is 0 Å². The second kappa shape index (κ2) is 4.97. The van der Waals surface area contributed by atoms with Crippen LogP contribution in [0.1, 0.15) is 0 Å². The fourth-order valence-electron chi connectivity index (χ4n) is 2.37. The third-order valence-electron chi connectivity index (χ3n) is 3.14. The van der Waals surface area contributed by atoms with Crippen LogP contribution in [0, 0.1) is 0 Å². The zero-order valence-electron chi connectivity index (χ0n) is 10.2. The van der Waals surface area contributed by atoms with Crippen LogP contribution in [0.15, 0.2) is 61.2 Å². The highest BCUT2D eigenvalue weighted by Gasteiger charge is 2.10. The minimum absolute atomic E-state index is 0.358. The molecule has 1 heterocycles. The van der Waals surface area contributed by atoms with Gasteiger partial charge in [0, 0.05) is 10.2 Å².